The van der Waals surface area contributed by atoms with Gasteiger partial charge >= 0.3 is 0 Å². The van der Waals surface area contributed by atoms with E-state index in [2.05, 4.69) is 27.5 Å². The minimum Gasteiger partial charge on any atom is -0.357 e. The number of unbranched alkanes of at least 4 members (excludes halogenated alkanes) is 1. The van der Waals surface area contributed by atoms with Crippen LogP contribution in [0.15, 0.2) is 41.6 Å². The van der Waals surface area contributed by atoms with Crippen molar-refractivity contribution in [1.82, 2.24) is 10.3 Å². The van der Waals surface area contributed by atoms with Crippen LogP contribution in [0.2, 0.25) is 0 Å². The number of rotatable bonds is 4. The normalized spacial score (nSPS) is 14.9. The fourth-order valence-corrected chi connectivity index (χ4v) is 2.18. The Balaban J connectivity index is 1.80. The van der Waals surface area contributed by atoms with Crippen LogP contribution >= 0.6 is 0 Å². The van der Waals surface area contributed by atoms with Gasteiger partial charge in [-0.2, -0.15) is 0 Å². The Labute approximate surface area is 123 Å². The number of amides is 1. The molecule has 0 radical (unpaired) electrons. The number of aliphatic imine (C=N–C) groups is 1. The first kappa shape index (κ1) is 13.4. The fourth-order valence-electron chi connectivity index (χ4n) is 2.18. The standard InChI is InChI=1S/C15H17N5O/c1-2-3-4-17-15(21)11-7-13-14(19-8-11)20-6-5-16-9-12(20)10-18-13/h5-10,18H,2-4H2,1H3,(H,17,21). The van der Waals surface area contributed by atoms with Crippen LogP contribution in [-0.2, 0) is 0 Å². The van der Waals surface area contributed by atoms with E-state index in [1.165, 1.54) is 0 Å². The average molecular weight is 283 g/mol. The average Bonchev–Trinajstić information content (AvgIpc) is 2.54. The summed E-state index contributed by atoms with van der Waals surface area (Å²) in [6.45, 7) is 2.78. The second kappa shape index (κ2) is 5.78. The van der Waals surface area contributed by atoms with Crippen LogP contribution in [0.1, 0.15) is 30.1 Å². The van der Waals surface area contributed by atoms with Crippen LogP contribution in [0, 0.1) is 0 Å². The third-order valence-corrected chi connectivity index (χ3v) is 3.34. The largest absolute Gasteiger partial charge is 0.357 e. The lowest BCUT2D eigenvalue weighted by Gasteiger charge is -2.28. The number of hydrogen-bond acceptors (Lipinski definition) is 5. The lowest BCUT2D eigenvalue weighted by molar-refractivity contribution is 0.0953. The van der Waals surface area contributed by atoms with E-state index in [9.17, 15) is 4.79 Å². The van der Waals surface area contributed by atoms with E-state index >= 15 is 0 Å². The number of nitrogens with zero attached hydrogens (tertiary/aromatic N) is 3. The molecule has 1 amide bonds. The summed E-state index contributed by atoms with van der Waals surface area (Å²) in [7, 11) is 0. The highest BCUT2D eigenvalue weighted by molar-refractivity contribution is 5.97. The lowest BCUT2D eigenvalue weighted by atomic mass is 10.2. The summed E-state index contributed by atoms with van der Waals surface area (Å²) in [5, 5.41) is 6.05. The zero-order chi connectivity index (χ0) is 14.7. The molecule has 0 fully saturated rings. The Bertz CT molecular complexity index is 647. The zero-order valence-corrected chi connectivity index (χ0v) is 11.8. The first-order chi connectivity index (χ1) is 10.3. The molecule has 108 valence electrons. The summed E-state index contributed by atoms with van der Waals surface area (Å²) in [5.74, 6) is 0.672. The minimum absolute atomic E-state index is 0.0916. The van der Waals surface area contributed by atoms with Crippen molar-refractivity contribution in [1.29, 1.82) is 0 Å². The molecule has 21 heavy (non-hydrogen) atoms. The number of allylic oxidation sites excluding steroid dienone is 1. The van der Waals surface area contributed by atoms with Gasteiger partial charge in [0.15, 0.2) is 5.82 Å². The Morgan fingerprint density at radius 3 is 3.24 bits per heavy atom. The number of anilines is 2. The molecule has 3 rings (SSSR count). The number of carbonyl (C=O) groups is 1. The molecule has 0 atom stereocenters. The number of fused-ring (bicyclic) bond motifs is 3. The monoisotopic (exact) mass is 283 g/mol. The predicted molar refractivity (Wildman–Crippen MR) is 83.3 cm³/mol. The summed E-state index contributed by atoms with van der Waals surface area (Å²) in [6, 6.07) is 1.82. The summed E-state index contributed by atoms with van der Waals surface area (Å²) in [4.78, 5) is 22.4. The molecule has 0 bridgehead atoms. The van der Waals surface area contributed by atoms with Gasteiger partial charge in [0.25, 0.3) is 5.91 Å². The molecule has 1 aromatic rings. The molecule has 0 saturated heterocycles. The summed E-state index contributed by atoms with van der Waals surface area (Å²) >= 11 is 0. The first-order valence-electron chi connectivity index (χ1n) is 7.03. The van der Waals surface area contributed by atoms with Crippen molar-refractivity contribution in [2.24, 2.45) is 4.99 Å². The Morgan fingerprint density at radius 1 is 1.48 bits per heavy atom. The smallest absolute Gasteiger partial charge is 0.252 e. The van der Waals surface area contributed by atoms with Gasteiger partial charge in [0, 0.05) is 31.3 Å². The van der Waals surface area contributed by atoms with Crippen molar-refractivity contribution in [2.45, 2.75) is 19.8 Å². The third kappa shape index (κ3) is 2.65. The Kier molecular flexibility index (Phi) is 3.68. The molecule has 0 aliphatic carbocycles. The van der Waals surface area contributed by atoms with Crippen LogP contribution in [-0.4, -0.2) is 23.7 Å². The summed E-state index contributed by atoms with van der Waals surface area (Å²) in [6.07, 6.45) is 10.8. The van der Waals surface area contributed by atoms with Crippen LogP contribution in [0.5, 0.6) is 0 Å². The quantitative estimate of drug-likeness (QED) is 0.831. The van der Waals surface area contributed by atoms with Crippen molar-refractivity contribution >= 4 is 23.6 Å². The lowest BCUT2D eigenvalue weighted by Crippen LogP contribution is -2.27. The first-order valence-corrected chi connectivity index (χ1v) is 7.03. The van der Waals surface area contributed by atoms with Gasteiger partial charge in [-0.1, -0.05) is 13.3 Å². The molecule has 2 aliphatic rings. The van der Waals surface area contributed by atoms with E-state index in [0.29, 0.717) is 12.1 Å². The van der Waals surface area contributed by atoms with Crippen molar-refractivity contribution in [3.63, 3.8) is 0 Å². The highest BCUT2D eigenvalue weighted by Gasteiger charge is 2.21. The van der Waals surface area contributed by atoms with Crippen molar-refractivity contribution in [3.8, 4) is 0 Å². The number of nitrogens with one attached hydrogen (secondary N) is 2. The SMILES string of the molecule is CCCCNC(=O)c1cnc2c(c1)NC=C1C=NC=CN12. The highest BCUT2D eigenvalue weighted by Crippen LogP contribution is 2.31. The predicted octanol–water partition coefficient (Wildman–Crippen LogP) is 2.24. The molecule has 2 aliphatic heterocycles. The van der Waals surface area contributed by atoms with E-state index in [-0.39, 0.29) is 5.91 Å². The highest BCUT2D eigenvalue weighted by atomic mass is 16.1. The second-order valence-corrected chi connectivity index (χ2v) is 4.86. The number of hydrogen-bond donors (Lipinski definition) is 2. The summed E-state index contributed by atoms with van der Waals surface area (Å²) < 4.78 is 0. The van der Waals surface area contributed by atoms with E-state index < -0.39 is 0 Å². The van der Waals surface area contributed by atoms with Gasteiger partial charge in [-0.25, -0.2) is 4.98 Å². The van der Waals surface area contributed by atoms with Crippen LogP contribution in [0.3, 0.4) is 0 Å². The zero-order valence-electron chi connectivity index (χ0n) is 11.8. The molecule has 6 heteroatoms. The maximum absolute atomic E-state index is 12.0. The van der Waals surface area contributed by atoms with E-state index in [1.54, 1.807) is 18.6 Å². The Hall–Kier alpha value is -2.63. The maximum Gasteiger partial charge on any atom is 0.252 e. The van der Waals surface area contributed by atoms with E-state index in [0.717, 1.165) is 30.0 Å². The van der Waals surface area contributed by atoms with Gasteiger partial charge in [0.1, 0.15) is 0 Å². The van der Waals surface area contributed by atoms with Crippen LogP contribution < -0.4 is 15.5 Å². The molecular formula is C15H17N5O. The molecule has 3 heterocycles. The van der Waals surface area contributed by atoms with E-state index in [1.807, 2.05) is 23.4 Å². The molecule has 1 aromatic heterocycles. The number of pyridine rings is 1. The van der Waals surface area contributed by atoms with Gasteiger partial charge in [-0.05, 0) is 12.5 Å². The minimum atomic E-state index is -0.0916. The van der Waals surface area contributed by atoms with Gasteiger partial charge in [0.05, 0.1) is 23.2 Å². The Morgan fingerprint density at radius 2 is 2.38 bits per heavy atom. The number of aromatic nitrogens is 1. The second-order valence-electron chi connectivity index (χ2n) is 4.86. The number of carbonyl (C=O) groups excluding carboxylic acids is 1. The topological polar surface area (TPSA) is 69.6 Å². The molecule has 6 nitrogen and oxygen atoms in total. The van der Waals surface area contributed by atoms with Gasteiger partial charge < -0.3 is 10.6 Å². The van der Waals surface area contributed by atoms with E-state index in [4.69, 9.17) is 0 Å². The fraction of sp³-hybridized carbons (Fsp3) is 0.267. The van der Waals surface area contributed by atoms with Crippen molar-refractivity contribution in [3.05, 3.63) is 42.1 Å². The van der Waals surface area contributed by atoms with Crippen LogP contribution in [0.4, 0.5) is 11.5 Å². The molecular weight excluding hydrogens is 266 g/mol. The van der Waals surface area contributed by atoms with Crippen LogP contribution in [0.25, 0.3) is 0 Å². The van der Waals surface area contributed by atoms with Gasteiger partial charge in [-0.15, -0.1) is 0 Å². The third-order valence-electron chi connectivity index (χ3n) is 3.34. The van der Waals surface area contributed by atoms with Crippen molar-refractivity contribution in [2.75, 3.05) is 16.8 Å². The molecule has 0 saturated carbocycles. The van der Waals surface area contributed by atoms with Gasteiger partial charge in [-0.3, -0.25) is 14.7 Å². The summed E-state index contributed by atoms with van der Waals surface area (Å²) in [5.41, 5.74) is 2.28. The van der Waals surface area contributed by atoms with Crippen molar-refractivity contribution < 1.29 is 4.79 Å². The molecule has 2 N–H and O–H groups in total. The maximum atomic E-state index is 12.0. The molecule has 0 aromatic carbocycles. The molecule has 0 unspecified atom stereocenters. The molecule has 0 spiro atoms. The van der Waals surface area contributed by atoms with Gasteiger partial charge in [0.2, 0.25) is 0 Å².